The van der Waals surface area contributed by atoms with Crippen molar-refractivity contribution in [1.29, 1.82) is 0 Å². The molecule has 2 heterocycles. The minimum absolute atomic E-state index is 0.0869. The number of nitrogens with one attached hydrogen (secondary N) is 1. The number of hydrogen-bond acceptors (Lipinski definition) is 3. The van der Waals surface area contributed by atoms with E-state index in [1.165, 1.54) is 24.0 Å². The van der Waals surface area contributed by atoms with E-state index < -0.39 is 0 Å². The highest BCUT2D eigenvalue weighted by atomic mass is 16.3. The van der Waals surface area contributed by atoms with Crippen molar-refractivity contribution in [3.8, 4) is 0 Å². The van der Waals surface area contributed by atoms with Crippen LogP contribution in [0.5, 0.6) is 0 Å². The van der Waals surface area contributed by atoms with Crippen molar-refractivity contribution in [3.05, 3.63) is 59.5 Å². The first-order valence-corrected chi connectivity index (χ1v) is 9.71. The van der Waals surface area contributed by atoms with Crippen LogP contribution in [0.3, 0.4) is 0 Å². The fraction of sp³-hybridized carbons (Fsp3) is 0.500. The number of aryl methyl sites for hydroxylation is 2. The van der Waals surface area contributed by atoms with Gasteiger partial charge in [0.15, 0.2) is 0 Å². The van der Waals surface area contributed by atoms with E-state index in [0.717, 1.165) is 24.8 Å². The van der Waals surface area contributed by atoms with E-state index >= 15 is 0 Å². The maximum atomic E-state index is 12.3. The number of furan rings is 1. The molecular formula is C22H30N2O2. The number of rotatable bonds is 7. The number of carbonyl (C=O) groups is 1. The van der Waals surface area contributed by atoms with Gasteiger partial charge >= 0.3 is 0 Å². The number of nitrogens with zero attached hydrogens (tertiary/aromatic N) is 1. The summed E-state index contributed by atoms with van der Waals surface area (Å²) in [6, 6.07) is 12.7. The van der Waals surface area contributed by atoms with Crippen LogP contribution >= 0.6 is 0 Å². The number of hydrogen-bond donors (Lipinski definition) is 1. The lowest BCUT2D eigenvalue weighted by Crippen LogP contribution is -2.42. The van der Waals surface area contributed by atoms with Crippen LogP contribution < -0.4 is 5.32 Å². The summed E-state index contributed by atoms with van der Waals surface area (Å²) in [5.74, 6) is 1.75. The zero-order valence-electron chi connectivity index (χ0n) is 15.9. The van der Waals surface area contributed by atoms with Crippen molar-refractivity contribution in [2.24, 2.45) is 5.92 Å². The van der Waals surface area contributed by atoms with Gasteiger partial charge in [-0.25, -0.2) is 0 Å². The van der Waals surface area contributed by atoms with E-state index in [4.69, 9.17) is 4.42 Å². The number of benzene rings is 1. The molecule has 1 atom stereocenters. The van der Waals surface area contributed by atoms with Gasteiger partial charge in [-0.1, -0.05) is 36.8 Å². The Hall–Kier alpha value is -2.07. The molecule has 140 valence electrons. The van der Waals surface area contributed by atoms with Crippen LogP contribution in [0.1, 0.15) is 49.1 Å². The minimum Gasteiger partial charge on any atom is -0.469 e. The molecule has 1 N–H and O–H groups in total. The second-order valence-corrected chi connectivity index (χ2v) is 7.53. The normalized spacial score (nSPS) is 17.2. The Kier molecular flexibility index (Phi) is 6.51. The second kappa shape index (κ2) is 9.04. The number of carbonyl (C=O) groups excluding carboxylic acids is 1. The summed E-state index contributed by atoms with van der Waals surface area (Å²) in [6.45, 7) is 7.30. The molecule has 26 heavy (non-hydrogen) atoms. The standard InChI is InChI=1S/C22H30N2O2/c1-17-5-7-19(8-6-17)21(24-13-11-18(2)12-14-24)16-23-22(25)10-9-20-4-3-15-26-20/h3-8,15,18,21H,9-14,16H2,1-2H3,(H,23,25). The van der Waals surface area contributed by atoms with Gasteiger partial charge in [-0.15, -0.1) is 0 Å². The first-order chi connectivity index (χ1) is 12.6. The topological polar surface area (TPSA) is 45.5 Å². The average Bonchev–Trinajstić information content (AvgIpc) is 3.16. The van der Waals surface area contributed by atoms with Gasteiger partial charge in [0, 0.05) is 19.4 Å². The highest BCUT2D eigenvalue weighted by Gasteiger charge is 2.25. The molecule has 1 amide bonds. The van der Waals surface area contributed by atoms with Gasteiger partial charge in [-0.3, -0.25) is 9.69 Å². The SMILES string of the molecule is Cc1ccc(C(CNC(=O)CCc2ccco2)N2CCC(C)CC2)cc1. The molecule has 0 bridgehead atoms. The minimum atomic E-state index is 0.0869. The molecule has 0 aliphatic carbocycles. The van der Waals surface area contributed by atoms with Gasteiger partial charge in [0.2, 0.25) is 5.91 Å². The lowest BCUT2D eigenvalue weighted by molar-refractivity contribution is -0.121. The van der Waals surface area contributed by atoms with Crippen LogP contribution in [0.2, 0.25) is 0 Å². The second-order valence-electron chi connectivity index (χ2n) is 7.53. The van der Waals surface area contributed by atoms with Crippen LogP contribution in [-0.4, -0.2) is 30.4 Å². The van der Waals surface area contributed by atoms with Crippen molar-refractivity contribution in [1.82, 2.24) is 10.2 Å². The summed E-state index contributed by atoms with van der Waals surface area (Å²) < 4.78 is 5.31. The number of likely N-dealkylation sites (tertiary alicyclic amines) is 1. The van der Waals surface area contributed by atoms with E-state index in [1.807, 2.05) is 12.1 Å². The molecule has 0 saturated carbocycles. The molecule has 4 heteroatoms. The Balaban J connectivity index is 1.59. The smallest absolute Gasteiger partial charge is 0.220 e. The van der Waals surface area contributed by atoms with Crippen LogP contribution in [0.4, 0.5) is 0 Å². The molecule has 1 fully saturated rings. The largest absolute Gasteiger partial charge is 0.469 e. The van der Waals surface area contributed by atoms with E-state index in [2.05, 4.69) is 48.3 Å². The van der Waals surface area contributed by atoms with Gasteiger partial charge in [0.1, 0.15) is 5.76 Å². The highest BCUT2D eigenvalue weighted by Crippen LogP contribution is 2.26. The molecule has 2 aromatic rings. The molecule has 3 rings (SSSR count). The summed E-state index contributed by atoms with van der Waals surface area (Å²) in [6.07, 6.45) is 5.22. The number of amides is 1. The third-order valence-corrected chi connectivity index (χ3v) is 5.39. The zero-order chi connectivity index (χ0) is 18.4. The third kappa shape index (κ3) is 5.21. The van der Waals surface area contributed by atoms with Crippen LogP contribution in [0.15, 0.2) is 47.1 Å². The van der Waals surface area contributed by atoms with Crippen molar-refractivity contribution < 1.29 is 9.21 Å². The van der Waals surface area contributed by atoms with Gasteiger partial charge < -0.3 is 9.73 Å². The van der Waals surface area contributed by atoms with E-state index in [1.54, 1.807) is 6.26 Å². The summed E-state index contributed by atoms with van der Waals surface area (Å²) in [5, 5.41) is 3.14. The summed E-state index contributed by atoms with van der Waals surface area (Å²) in [4.78, 5) is 14.8. The molecule has 0 radical (unpaired) electrons. The highest BCUT2D eigenvalue weighted by molar-refractivity contribution is 5.76. The van der Waals surface area contributed by atoms with Gasteiger partial charge in [0.25, 0.3) is 0 Å². The molecule has 1 aliphatic rings. The zero-order valence-corrected chi connectivity index (χ0v) is 15.9. The van der Waals surface area contributed by atoms with Gasteiger partial charge in [0.05, 0.1) is 12.3 Å². The number of piperidine rings is 1. The molecule has 1 aromatic carbocycles. The van der Waals surface area contributed by atoms with E-state index in [0.29, 0.717) is 19.4 Å². The molecule has 1 unspecified atom stereocenters. The predicted octanol–water partition coefficient (Wildman–Crippen LogP) is 4.11. The Morgan fingerprint density at radius 2 is 1.96 bits per heavy atom. The summed E-state index contributed by atoms with van der Waals surface area (Å²) >= 11 is 0. The molecular weight excluding hydrogens is 324 g/mol. The van der Waals surface area contributed by atoms with Crippen molar-refractivity contribution in [2.45, 2.75) is 45.6 Å². The average molecular weight is 354 g/mol. The van der Waals surface area contributed by atoms with Gasteiger partial charge in [-0.05, 0) is 56.5 Å². The predicted molar refractivity (Wildman–Crippen MR) is 104 cm³/mol. The Morgan fingerprint density at radius 3 is 2.62 bits per heavy atom. The maximum absolute atomic E-state index is 12.3. The molecule has 0 spiro atoms. The molecule has 1 saturated heterocycles. The van der Waals surface area contributed by atoms with Crippen LogP contribution in [-0.2, 0) is 11.2 Å². The van der Waals surface area contributed by atoms with Crippen LogP contribution in [0, 0.1) is 12.8 Å². The Labute approximate surface area is 156 Å². The van der Waals surface area contributed by atoms with Crippen molar-refractivity contribution in [2.75, 3.05) is 19.6 Å². The Morgan fingerprint density at radius 1 is 1.23 bits per heavy atom. The van der Waals surface area contributed by atoms with Crippen molar-refractivity contribution >= 4 is 5.91 Å². The monoisotopic (exact) mass is 354 g/mol. The van der Waals surface area contributed by atoms with E-state index in [-0.39, 0.29) is 11.9 Å². The van der Waals surface area contributed by atoms with Crippen molar-refractivity contribution in [3.63, 3.8) is 0 Å². The van der Waals surface area contributed by atoms with Crippen LogP contribution in [0.25, 0.3) is 0 Å². The lowest BCUT2D eigenvalue weighted by atomic mass is 9.95. The summed E-state index contributed by atoms with van der Waals surface area (Å²) in [5.41, 5.74) is 2.55. The Bertz CT molecular complexity index is 671. The first-order valence-electron chi connectivity index (χ1n) is 9.71. The fourth-order valence-electron chi connectivity index (χ4n) is 3.58. The van der Waals surface area contributed by atoms with E-state index in [9.17, 15) is 4.79 Å². The first kappa shape index (κ1) is 18.7. The molecule has 1 aromatic heterocycles. The summed E-state index contributed by atoms with van der Waals surface area (Å²) in [7, 11) is 0. The van der Waals surface area contributed by atoms with Gasteiger partial charge in [-0.2, -0.15) is 0 Å². The molecule has 1 aliphatic heterocycles. The quantitative estimate of drug-likeness (QED) is 0.814. The fourth-order valence-corrected chi connectivity index (χ4v) is 3.58. The lowest BCUT2D eigenvalue weighted by Gasteiger charge is -2.37. The maximum Gasteiger partial charge on any atom is 0.220 e. The molecule has 4 nitrogen and oxygen atoms in total. The third-order valence-electron chi connectivity index (χ3n) is 5.39.